The highest BCUT2D eigenvalue weighted by molar-refractivity contribution is 5.94. The zero-order valence-corrected chi connectivity index (χ0v) is 13.9. The molecule has 0 bridgehead atoms. The van der Waals surface area contributed by atoms with Crippen molar-refractivity contribution in [1.29, 1.82) is 0 Å². The fourth-order valence-corrected chi connectivity index (χ4v) is 2.68. The molecule has 1 unspecified atom stereocenters. The van der Waals surface area contributed by atoms with Gasteiger partial charge in [-0.3, -0.25) is 9.69 Å². The fourth-order valence-electron chi connectivity index (χ4n) is 2.68. The van der Waals surface area contributed by atoms with Gasteiger partial charge in [-0.25, -0.2) is 0 Å². The van der Waals surface area contributed by atoms with Gasteiger partial charge in [-0.15, -0.1) is 0 Å². The second-order valence-electron chi connectivity index (χ2n) is 5.64. The lowest BCUT2D eigenvalue weighted by molar-refractivity contribution is 0.0111. The number of benzene rings is 1. The highest BCUT2D eigenvalue weighted by Crippen LogP contribution is 2.15. The van der Waals surface area contributed by atoms with Crippen LogP contribution in [0.15, 0.2) is 24.3 Å². The molecule has 2 rings (SSSR count). The first kappa shape index (κ1) is 17.7. The van der Waals surface area contributed by atoms with Crippen LogP contribution in [0.1, 0.15) is 17.3 Å². The van der Waals surface area contributed by atoms with Crippen molar-refractivity contribution in [3.05, 3.63) is 29.8 Å². The second kappa shape index (κ2) is 8.86. The van der Waals surface area contributed by atoms with Crippen LogP contribution < -0.4 is 4.74 Å². The number of piperazine rings is 1. The summed E-state index contributed by atoms with van der Waals surface area (Å²) >= 11 is 0. The van der Waals surface area contributed by atoms with Crippen LogP contribution >= 0.6 is 0 Å². The lowest BCUT2D eigenvalue weighted by atomic mass is 10.1. The topological polar surface area (TPSA) is 62.2 Å². The minimum Gasteiger partial charge on any atom is -0.497 e. The summed E-state index contributed by atoms with van der Waals surface area (Å²) in [7, 11) is 1.59. The van der Waals surface area contributed by atoms with E-state index < -0.39 is 6.10 Å². The van der Waals surface area contributed by atoms with Crippen molar-refractivity contribution in [1.82, 2.24) is 9.80 Å². The average Bonchev–Trinajstić information content (AvgIpc) is 2.60. The molecule has 23 heavy (non-hydrogen) atoms. The minimum absolute atomic E-state index is 0.0263. The van der Waals surface area contributed by atoms with E-state index in [4.69, 9.17) is 9.47 Å². The molecule has 1 saturated heterocycles. The highest BCUT2D eigenvalue weighted by atomic mass is 16.5. The van der Waals surface area contributed by atoms with Crippen molar-refractivity contribution < 1.29 is 19.4 Å². The Morgan fingerprint density at radius 3 is 2.70 bits per heavy atom. The van der Waals surface area contributed by atoms with E-state index in [2.05, 4.69) is 4.90 Å². The molecule has 0 radical (unpaired) electrons. The van der Waals surface area contributed by atoms with Crippen LogP contribution in [0.2, 0.25) is 0 Å². The van der Waals surface area contributed by atoms with Crippen molar-refractivity contribution >= 4 is 5.91 Å². The molecule has 1 aliphatic heterocycles. The number of amides is 1. The van der Waals surface area contributed by atoms with E-state index in [1.54, 1.807) is 13.2 Å². The van der Waals surface area contributed by atoms with Crippen LogP contribution in [0.5, 0.6) is 5.75 Å². The monoisotopic (exact) mass is 322 g/mol. The summed E-state index contributed by atoms with van der Waals surface area (Å²) in [6.07, 6.45) is -0.476. The molecule has 1 aromatic rings. The number of β-amino-alcohol motifs (C(OH)–C–C–N with tert-alkyl or cyclic N) is 1. The molecular weight excluding hydrogens is 296 g/mol. The van der Waals surface area contributed by atoms with E-state index in [9.17, 15) is 9.90 Å². The van der Waals surface area contributed by atoms with Gasteiger partial charge in [-0.1, -0.05) is 6.07 Å². The molecule has 0 aliphatic carbocycles. The van der Waals surface area contributed by atoms with Crippen molar-refractivity contribution in [3.63, 3.8) is 0 Å². The predicted octanol–water partition coefficient (Wildman–Crippen LogP) is 0.850. The SMILES string of the molecule is CCOCC(O)CN1CCN(C(=O)c2cccc(OC)c2)CC1. The Hall–Kier alpha value is -1.63. The lowest BCUT2D eigenvalue weighted by Gasteiger charge is -2.35. The number of ether oxygens (including phenoxy) is 2. The van der Waals surface area contributed by atoms with Crippen LogP contribution in [-0.2, 0) is 4.74 Å². The molecule has 128 valence electrons. The Bertz CT molecular complexity index is 501. The first-order valence-electron chi connectivity index (χ1n) is 8.05. The smallest absolute Gasteiger partial charge is 0.254 e. The van der Waals surface area contributed by atoms with Crippen molar-refractivity contribution in [2.24, 2.45) is 0 Å². The Balaban J connectivity index is 1.82. The molecule has 0 saturated carbocycles. The van der Waals surface area contributed by atoms with Crippen LogP contribution in [0, 0.1) is 0 Å². The normalized spacial score (nSPS) is 17.1. The zero-order valence-electron chi connectivity index (χ0n) is 13.9. The van der Waals surface area contributed by atoms with Gasteiger partial charge in [0.25, 0.3) is 5.91 Å². The molecule has 1 aliphatic rings. The number of aliphatic hydroxyl groups is 1. The maximum atomic E-state index is 12.5. The van der Waals surface area contributed by atoms with Gasteiger partial charge in [-0.2, -0.15) is 0 Å². The van der Waals surface area contributed by atoms with Gasteiger partial charge in [0, 0.05) is 44.9 Å². The van der Waals surface area contributed by atoms with Gasteiger partial charge in [0.2, 0.25) is 0 Å². The number of carbonyl (C=O) groups excluding carboxylic acids is 1. The summed E-state index contributed by atoms with van der Waals surface area (Å²) in [6, 6.07) is 7.23. The standard InChI is InChI=1S/C17H26N2O4/c1-3-23-13-15(20)12-18-7-9-19(10-8-18)17(21)14-5-4-6-16(11-14)22-2/h4-6,11,15,20H,3,7-10,12-13H2,1-2H3. The highest BCUT2D eigenvalue weighted by Gasteiger charge is 2.23. The molecule has 0 spiro atoms. The lowest BCUT2D eigenvalue weighted by Crippen LogP contribution is -2.50. The third kappa shape index (κ3) is 5.20. The average molecular weight is 322 g/mol. The molecule has 1 amide bonds. The quantitative estimate of drug-likeness (QED) is 0.806. The third-order valence-corrected chi connectivity index (χ3v) is 3.96. The molecule has 6 nitrogen and oxygen atoms in total. The number of hydrogen-bond acceptors (Lipinski definition) is 5. The molecule has 1 fully saturated rings. The molecular formula is C17H26N2O4. The molecule has 1 atom stereocenters. The zero-order chi connectivity index (χ0) is 16.7. The van der Waals surface area contributed by atoms with Crippen molar-refractivity contribution in [3.8, 4) is 5.75 Å². The van der Waals surface area contributed by atoms with Crippen LogP contribution in [-0.4, -0.2) is 80.0 Å². The Kier molecular flexibility index (Phi) is 6.83. The van der Waals surface area contributed by atoms with Crippen LogP contribution in [0.4, 0.5) is 0 Å². The number of nitrogens with zero attached hydrogens (tertiary/aromatic N) is 2. The first-order valence-corrected chi connectivity index (χ1v) is 8.05. The molecule has 1 aromatic carbocycles. The van der Waals surface area contributed by atoms with E-state index in [0.29, 0.717) is 44.2 Å². The van der Waals surface area contributed by atoms with E-state index in [0.717, 1.165) is 13.1 Å². The van der Waals surface area contributed by atoms with Gasteiger partial charge < -0.3 is 19.5 Å². The minimum atomic E-state index is -0.476. The van der Waals surface area contributed by atoms with Crippen LogP contribution in [0.3, 0.4) is 0 Å². The summed E-state index contributed by atoms with van der Waals surface area (Å²) in [5.41, 5.74) is 0.647. The summed E-state index contributed by atoms with van der Waals surface area (Å²) < 4.78 is 10.4. The van der Waals surface area contributed by atoms with Crippen LogP contribution in [0.25, 0.3) is 0 Å². The van der Waals surface area contributed by atoms with Gasteiger partial charge >= 0.3 is 0 Å². The summed E-state index contributed by atoms with van der Waals surface area (Å²) in [5.74, 6) is 0.715. The number of carbonyl (C=O) groups is 1. The largest absolute Gasteiger partial charge is 0.497 e. The summed E-state index contributed by atoms with van der Waals surface area (Å²) in [5, 5.41) is 9.88. The maximum Gasteiger partial charge on any atom is 0.254 e. The number of hydrogen-bond donors (Lipinski definition) is 1. The molecule has 1 heterocycles. The number of methoxy groups -OCH3 is 1. The van der Waals surface area contributed by atoms with Gasteiger partial charge in [0.1, 0.15) is 5.75 Å². The Labute approximate surface area is 137 Å². The predicted molar refractivity (Wildman–Crippen MR) is 87.8 cm³/mol. The maximum absolute atomic E-state index is 12.5. The Morgan fingerprint density at radius 2 is 2.04 bits per heavy atom. The molecule has 0 aromatic heterocycles. The van der Waals surface area contributed by atoms with Crippen molar-refractivity contribution in [2.45, 2.75) is 13.0 Å². The van der Waals surface area contributed by atoms with Gasteiger partial charge in [-0.05, 0) is 25.1 Å². The van der Waals surface area contributed by atoms with Gasteiger partial charge in [0.05, 0.1) is 19.8 Å². The van der Waals surface area contributed by atoms with E-state index in [1.165, 1.54) is 0 Å². The molecule has 6 heteroatoms. The number of rotatable bonds is 7. The van der Waals surface area contributed by atoms with E-state index in [1.807, 2.05) is 30.0 Å². The van der Waals surface area contributed by atoms with E-state index in [-0.39, 0.29) is 5.91 Å². The summed E-state index contributed by atoms with van der Waals surface area (Å²) in [4.78, 5) is 16.5. The first-order chi connectivity index (χ1) is 11.1. The fraction of sp³-hybridized carbons (Fsp3) is 0.588. The third-order valence-electron chi connectivity index (χ3n) is 3.96. The van der Waals surface area contributed by atoms with E-state index >= 15 is 0 Å². The number of aliphatic hydroxyl groups excluding tert-OH is 1. The second-order valence-corrected chi connectivity index (χ2v) is 5.64. The van der Waals surface area contributed by atoms with Crippen molar-refractivity contribution in [2.75, 3.05) is 53.0 Å². The van der Waals surface area contributed by atoms with Gasteiger partial charge in [0.15, 0.2) is 0 Å². The molecule has 1 N–H and O–H groups in total. The Morgan fingerprint density at radius 1 is 1.30 bits per heavy atom. The summed E-state index contributed by atoms with van der Waals surface area (Å²) in [6.45, 7) is 6.32.